The van der Waals surface area contributed by atoms with Gasteiger partial charge in [-0.05, 0) is 6.05 Å². The van der Waals surface area contributed by atoms with Gasteiger partial charge in [0.15, 0.2) is 0 Å². The Morgan fingerprint density at radius 2 is 2.33 bits per heavy atom. The number of nitrogens with one attached hydrogen (secondary N) is 1. The van der Waals surface area contributed by atoms with Crippen LogP contribution in [0.2, 0.25) is 0 Å². The molecule has 1 N–H and O–H groups in total. The Labute approximate surface area is 40.3 Å². The monoisotopic (exact) mass is 83.1 g/mol. The summed E-state index contributed by atoms with van der Waals surface area (Å²) >= 11 is 0. The maximum Gasteiger partial charge on any atom is 0.0639 e. The van der Waals surface area contributed by atoms with E-state index in [1.807, 2.05) is 0 Å². The zero-order chi connectivity index (χ0) is 6.57. The molecule has 0 unspecified atom stereocenters. The SMILES string of the molecule is [2H]/C(C=C)=C(\[2H])C=N. The van der Waals surface area contributed by atoms with Crippen LogP contribution in [0, 0.1) is 5.41 Å². The lowest BCUT2D eigenvalue weighted by Gasteiger charge is -1.59. The van der Waals surface area contributed by atoms with E-state index in [1.54, 1.807) is 0 Å². The summed E-state index contributed by atoms with van der Waals surface area (Å²) in [6, 6.07) is -0.125. The third-order valence-electron chi connectivity index (χ3n) is 0.258. The van der Waals surface area contributed by atoms with Crippen LogP contribution in [-0.2, 0) is 0 Å². The highest BCUT2D eigenvalue weighted by Crippen LogP contribution is 1.63. The summed E-state index contributed by atoms with van der Waals surface area (Å²) in [6.07, 6.45) is 2.04. The lowest BCUT2D eigenvalue weighted by atomic mass is 10.5. The van der Waals surface area contributed by atoms with Crippen molar-refractivity contribution in [2.45, 2.75) is 0 Å². The van der Waals surface area contributed by atoms with E-state index < -0.39 is 0 Å². The first kappa shape index (κ1) is 2.35. The third kappa shape index (κ3) is 3.15. The first-order valence-electron chi connectivity index (χ1n) is 2.52. The minimum absolute atomic E-state index is 0.0139. The van der Waals surface area contributed by atoms with Gasteiger partial charge in [-0.3, -0.25) is 0 Å². The molecule has 0 atom stereocenters. The van der Waals surface area contributed by atoms with Crippen molar-refractivity contribution in [1.29, 1.82) is 5.41 Å². The van der Waals surface area contributed by atoms with E-state index in [4.69, 9.17) is 8.15 Å². The van der Waals surface area contributed by atoms with Crippen LogP contribution in [0.25, 0.3) is 0 Å². The molecule has 0 radical (unpaired) electrons. The molecule has 0 saturated heterocycles. The summed E-state index contributed by atoms with van der Waals surface area (Å²) in [5, 5.41) is 6.50. The molecule has 6 heavy (non-hydrogen) atoms. The maximum absolute atomic E-state index is 6.85. The molecule has 0 amide bonds. The van der Waals surface area contributed by atoms with Gasteiger partial charge in [-0.1, -0.05) is 18.7 Å². The van der Waals surface area contributed by atoms with E-state index in [1.165, 1.54) is 6.08 Å². The fourth-order valence-corrected chi connectivity index (χ4v) is 0.101. The molecule has 1 heteroatoms. The van der Waals surface area contributed by atoms with Crippen LogP contribution in [0.1, 0.15) is 2.74 Å². The normalized spacial score (nSPS) is 16.7. The van der Waals surface area contributed by atoms with Crippen molar-refractivity contribution in [2.75, 3.05) is 0 Å². The Morgan fingerprint density at radius 1 is 1.67 bits per heavy atom. The van der Waals surface area contributed by atoms with Crippen molar-refractivity contribution >= 4 is 6.21 Å². The molecule has 0 aromatic rings. The van der Waals surface area contributed by atoms with Gasteiger partial charge in [0.1, 0.15) is 0 Å². The zero-order valence-electron chi connectivity index (χ0n) is 5.36. The van der Waals surface area contributed by atoms with Gasteiger partial charge in [0, 0.05) is 6.21 Å². The maximum atomic E-state index is 6.85. The lowest BCUT2D eigenvalue weighted by molar-refractivity contribution is 1.58. The Bertz CT molecular complexity index is 121. The standard InChI is InChI=1S/C5H7N/c1-2-3-4-5-6/h2-6H,1H2/b4-3-,6-5?/i3D,4D. The van der Waals surface area contributed by atoms with E-state index in [-0.39, 0.29) is 12.1 Å². The van der Waals surface area contributed by atoms with E-state index in [2.05, 4.69) is 6.58 Å². The van der Waals surface area contributed by atoms with E-state index in [0.29, 0.717) is 0 Å². The van der Waals surface area contributed by atoms with Crippen LogP contribution in [0.3, 0.4) is 0 Å². The van der Waals surface area contributed by atoms with Crippen molar-refractivity contribution in [3.05, 3.63) is 24.8 Å². The molecule has 0 rings (SSSR count). The van der Waals surface area contributed by atoms with Crippen molar-refractivity contribution in [3.8, 4) is 0 Å². The average Bonchev–Trinajstić information content (AvgIpc) is 1.84. The van der Waals surface area contributed by atoms with Gasteiger partial charge in [0.2, 0.25) is 0 Å². The first-order valence-corrected chi connectivity index (χ1v) is 1.52. The molecule has 0 saturated carbocycles. The summed E-state index contributed by atoms with van der Waals surface area (Å²) in [4.78, 5) is 0. The number of hydrogen-bond acceptors (Lipinski definition) is 1. The zero-order valence-corrected chi connectivity index (χ0v) is 3.36. The van der Waals surface area contributed by atoms with Gasteiger partial charge in [-0.25, -0.2) is 0 Å². The fourth-order valence-electron chi connectivity index (χ4n) is 0.101. The van der Waals surface area contributed by atoms with Crippen LogP contribution in [-0.4, -0.2) is 6.21 Å². The summed E-state index contributed by atoms with van der Waals surface area (Å²) in [5.41, 5.74) is 0. The van der Waals surface area contributed by atoms with Gasteiger partial charge < -0.3 is 5.41 Å². The van der Waals surface area contributed by atoms with E-state index in [9.17, 15) is 0 Å². The minimum atomic E-state index is -0.111. The molecular weight excluding hydrogens is 74.1 g/mol. The molecule has 0 spiro atoms. The molecular formula is C5H7N. The smallest absolute Gasteiger partial charge is 0.0639 e. The van der Waals surface area contributed by atoms with Crippen LogP contribution >= 0.6 is 0 Å². The Hall–Kier alpha value is -0.850. The van der Waals surface area contributed by atoms with Crippen molar-refractivity contribution in [3.63, 3.8) is 0 Å². The summed E-state index contributed by atoms with van der Waals surface area (Å²) in [6.45, 7) is 3.26. The molecule has 0 aliphatic rings. The topological polar surface area (TPSA) is 23.9 Å². The average molecular weight is 83.1 g/mol. The highest BCUT2D eigenvalue weighted by molar-refractivity contribution is 5.67. The molecule has 0 aromatic heterocycles. The second-order valence-electron chi connectivity index (χ2n) is 0.637. The number of allylic oxidation sites excluding steroid dienone is 3. The Morgan fingerprint density at radius 3 is 2.50 bits per heavy atom. The van der Waals surface area contributed by atoms with Gasteiger partial charge in [0.25, 0.3) is 0 Å². The van der Waals surface area contributed by atoms with Crippen LogP contribution < -0.4 is 0 Å². The van der Waals surface area contributed by atoms with E-state index in [0.717, 1.165) is 6.21 Å². The molecule has 1 nitrogen and oxygen atoms in total. The predicted molar refractivity (Wildman–Crippen MR) is 28.1 cm³/mol. The summed E-state index contributed by atoms with van der Waals surface area (Å²) in [5.74, 6) is 0. The Balaban J connectivity index is 4.25. The van der Waals surface area contributed by atoms with Crippen LogP contribution in [0.15, 0.2) is 24.8 Å². The molecule has 0 fully saturated rings. The molecule has 0 aromatic carbocycles. The second-order valence-corrected chi connectivity index (χ2v) is 0.637. The first-order chi connectivity index (χ1) is 3.72. The lowest BCUT2D eigenvalue weighted by Crippen LogP contribution is -1.50. The molecule has 32 valence electrons. The van der Waals surface area contributed by atoms with Crippen LogP contribution in [0.5, 0.6) is 0 Å². The number of rotatable bonds is 2. The molecule has 0 bridgehead atoms. The van der Waals surface area contributed by atoms with E-state index >= 15 is 0 Å². The van der Waals surface area contributed by atoms with Gasteiger partial charge in [-0.15, -0.1) is 0 Å². The molecule has 0 aliphatic heterocycles. The molecule has 0 heterocycles. The molecule has 0 aliphatic carbocycles. The van der Waals surface area contributed by atoms with Gasteiger partial charge >= 0.3 is 0 Å². The highest BCUT2D eigenvalue weighted by Gasteiger charge is 1.48. The largest absolute Gasteiger partial charge is 0.309 e. The van der Waals surface area contributed by atoms with Crippen molar-refractivity contribution in [2.24, 2.45) is 0 Å². The highest BCUT2D eigenvalue weighted by atomic mass is 14.3. The second kappa shape index (κ2) is 4.15. The minimum Gasteiger partial charge on any atom is -0.309 e. The van der Waals surface area contributed by atoms with Gasteiger partial charge in [0.05, 0.1) is 2.74 Å². The van der Waals surface area contributed by atoms with Crippen molar-refractivity contribution < 1.29 is 2.74 Å². The number of hydrogen-bond donors (Lipinski definition) is 1. The predicted octanol–water partition coefficient (Wildman–Crippen LogP) is 1.38. The quantitative estimate of drug-likeness (QED) is 0.385. The van der Waals surface area contributed by atoms with Crippen molar-refractivity contribution in [1.82, 2.24) is 0 Å². The summed E-state index contributed by atoms with van der Waals surface area (Å²) < 4.78 is 13.7. The van der Waals surface area contributed by atoms with Crippen LogP contribution in [0.4, 0.5) is 0 Å². The third-order valence-corrected chi connectivity index (χ3v) is 0.258. The summed E-state index contributed by atoms with van der Waals surface area (Å²) in [7, 11) is 0. The van der Waals surface area contributed by atoms with Gasteiger partial charge in [-0.2, -0.15) is 0 Å². The fraction of sp³-hybridized carbons (Fsp3) is 0. The Kier molecular flexibility index (Phi) is 1.62.